The molecule has 0 radical (unpaired) electrons. The van der Waals surface area contributed by atoms with Gasteiger partial charge in [-0.25, -0.2) is 4.98 Å². The number of hydrogen-bond donors (Lipinski definition) is 0. The molecule has 0 saturated heterocycles. The van der Waals surface area contributed by atoms with Crippen LogP contribution in [-0.2, 0) is 6.42 Å². The molecule has 18 heavy (non-hydrogen) atoms. The Hall–Kier alpha value is -2.00. The number of rotatable bonds is 2. The number of nitrogens with zero attached hydrogens (tertiary/aromatic N) is 1. The highest BCUT2D eigenvalue weighted by molar-refractivity contribution is 7.14. The summed E-state index contributed by atoms with van der Waals surface area (Å²) in [5.74, 6) is 0.0770. The SMILES string of the molecule is O=C1C=CCc2nc(/C=C/c3ccccc3)sc21. The van der Waals surface area contributed by atoms with Crippen molar-refractivity contribution >= 4 is 29.3 Å². The number of carbonyl (C=O) groups excluding carboxylic acids is 1. The summed E-state index contributed by atoms with van der Waals surface area (Å²) in [7, 11) is 0. The zero-order valence-electron chi connectivity index (χ0n) is 9.67. The Morgan fingerprint density at radius 3 is 2.78 bits per heavy atom. The summed E-state index contributed by atoms with van der Waals surface area (Å²) in [6, 6.07) is 10.1. The number of hydrogen-bond acceptors (Lipinski definition) is 3. The van der Waals surface area contributed by atoms with Crippen molar-refractivity contribution in [3.63, 3.8) is 0 Å². The van der Waals surface area contributed by atoms with Gasteiger partial charge in [0.2, 0.25) is 0 Å². The van der Waals surface area contributed by atoms with Crippen molar-refractivity contribution in [3.8, 4) is 0 Å². The predicted molar refractivity (Wildman–Crippen MR) is 74.7 cm³/mol. The topological polar surface area (TPSA) is 30.0 Å². The van der Waals surface area contributed by atoms with Gasteiger partial charge in [0.05, 0.1) is 10.6 Å². The van der Waals surface area contributed by atoms with Gasteiger partial charge in [-0.15, -0.1) is 11.3 Å². The maximum atomic E-state index is 11.6. The van der Waals surface area contributed by atoms with Crippen molar-refractivity contribution in [3.05, 3.63) is 63.6 Å². The van der Waals surface area contributed by atoms with Crippen molar-refractivity contribution in [1.29, 1.82) is 0 Å². The number of thiazole rings is 1. The Kier molecular flexibility index (Phi) is 2.90. The Balaban J connectivity index is 1.87. The lowest BCUT2D eigenvalue weighted by Crippen LogP contribution is -2.01. The van der Waals surface area contributed by atoms with Crippen LogP contribution in [0.1, 0.15) is 25.9 Å². The molecule has 1 aromatic carbocycles. The summed E-state index contributed by atoms with van der Waals surface area (Å²) in [5.41, 5.74) is 2.04. The Morgan fingerprint density at radius 2 is 2.00 bits per heavy atom. The van der Waals surface area contributed by atoms with Gasteiger partial charge >= 0.3 is 0 Å². The largest absolute Gasteiger partial charge is 0.288 e. The summed E-state index contributed by atoms with van der Waals surface area (Å²) < 4.78 is 0. The molecule has 0 atom stereocenters. The zero-order valence-corrected chi connectivity index (χ0v) is 10.5. The molecule has 2 aromatic rings. The minimum Gasteiger partial charge on any atom is -0.288 e. The number of carbonyl (C=O) groups is 1. The summed E-state index contributed by atoms with van der Waals surface area (Å²) in [4.78, 5) is 16.9. The third-order valence-corrected chi connectivity index (χ3v) is 3.81. The second kappa shape index (κ2) is 4.70. The highest BCUT2D eigenvalue weighted by Crippen LogP contribution is 2.24. The van der Waals surface area contributed by atoms with E-state index < -0.39 is 0 Å². The third-order valence-electron chi connectivity index (χ3n) is 2.74. The molecule has 0 fully saturated rings. The van der Waals surface area contributed by atoms with Crippen LogP contribution in [0.4, 0.5) is 0 Å². The maximum Gasteiger partial charge on any atom is 0.197 e. The minimum absolute atomic E-state index is 0.0770. The fourth-order valence-electron chi connectivity index (χ4n) is 1.86. The van der Waals surface area contributed by atoms with E-state index in [9.17, 15) is 4.79 Å². The standard InChI is InChI=1S/C15H11NOS/c17-13-8-4-7-12-15(13)18-14(16-12)10-9-11-5-2-1-3-6-11/h1-6,8-10H,7H2/b10-9+. The molecule has 0 unspecified atom stereocenters. The monoisotopic (exact) mass is 253 g/mol. The minimum atomic E-state index is 0.0770. The van der Waals surface area contributed by atoms with Crippen LogP contribution in [0, 0.1) is 0 Å². The fourth-order valence-corrected chi connectivity index (χ4v) is 2.77. The molecule has 2 nitrogen and oxygen atoms in total. The summed E-state index contributed by atoms with van der Waals surface area (Å²) in [6.45, 7) is 0. The van der Waals surface area contributed by atoms with Gasteiger partial charge < -0.3 is 0 Å². The Morgan fingerprint density at radius 1 is 1.17 bits per heavy atom. The van der Waals surface area contributed by atoms with E-state index in [1.54, 1.807) is 6.08 Å². The van der Waals surface area contributed by atoms with Crippen LogP contribution in [0.25, 0.3) is 12.2 Å². The fraction of sp³-hybridized carbons (Fsp3) is 0.0667. The highest BCUT2D eigenvalue weighted by Gasteiger charge is 2.17. The smallest absolute Gasteiger partial charge is 0.197 e. The summed E-state index contributed by atoms with van der Waals surface area (Å²) in [5, 5.41) is 0.890. The molecular weight excluding hydrogens is 242 g/mol. The van der Waals surface area contributed by atoms with Gasteiger partial charge in [-0.3, -0.25) is 4.79 Å². The van der Waals surface area contributed by atoms with Crippen LogP contribution in [0.3, 0.4) is 0 Å². The zero-order chi connectivity index (χ0) is 12.4. The lowest BCUT2D eigenvalue weighted by Gasteiger charge is -1.99. The van der Waals surface area contributed by atoms with E-state index in [1.807, 2.05) is 48.6 Å². The molecule has 0 aliphatic heterocycles. The molecular formula is C15H11NOS. The lowest BCUT2D eigenvalue weighted by atomic mass is 10.1. The molecule has 3 heteroatoms. The Bertz CT molecular complexity index is 638. The Labute approximate surface area is 109 Å². The first kappa shape index (κ1) is 11.1. The highest BCUT2D eigenvalue weighted by atomic mass is 32.1. The van der Waals surface area contributed by atoms with Gasteiger partial charge in [-0.1, -0.05) is 42.5 Å². The quantitative estimate of drug-likeness (QED) is 0.818. The second-order valence-electron chi connectivity index (χ2n) is 4.04. The van der Waals surface area contributed by atoms with Crippen LogP contribution in [0.5, 0.6) is 0 Å². The van der Waals surface area contributed by atoms with Crippen molar-refractivity contribution in [1.82, 2.24) is 4.98 Å². The molecule has 0 saturated carbocycles. The van der Waals surface area contributed by atoms with Gasteiger partial charge in [-0.2, -0.15) is 0 Å². The molecule has 0 N–H and O–H groups in total. The molecule has 1 aromatic heterocycles. The van der Waals surface area contributed by atoms with Crippen molar-refractivity contribution < 1.29 is 4.79 Å². The predicted octanol–water partition coefficient (Wildman–Crippen LogP) is 3.61. The van der Waals surface area contributed by atoms with Crippen molar-refractivity contribution in [2.75, 3.05) is 0 Å². The first-order chi connectivity index (χ1) is 8.83. The first-order valence-corrected chi connectivity index (χ1v) is 6.58. The van der Waals surface area contributed by atoms with E-state index in [0.29, 0.717) is 0 Å². The van der Waals surface area contributed by atoms with Crippen LogP contribution in [0.15, 0.2) is 42.5 Å². The van der Waals surface area contributed by atoms with Crippen LogP contribution in [-0.4, -0.2) is 10.8 Å². The van der Waals surface area contributed by atoms with E-state index in [2.05, 4.69) is 4.98 Å². The number of ketones is 1. The molecule has 3 rings (SSSR count). The molecule has 1 aliphatic rings. The van der Waals surface area contributed by atoms with Gasteiger partial charge in [0.1, 0.15) is 5.01 Å². The van der Waals surface area contributed by atoms with Crippen LogP contribution >= 0.6 is 11.3 Å². The average molecular weight is 253 g/mol. The van der Waals surface area contributed by atoms with E-state index >= 15 is 0 Å². The molecule has 0 amide bonds. The molecule has 1 aliphatic carbocycles. The molecule has 0 spiro atoms. The molecule has 1 heterocycles. The van der Waals surface area contributed by atoms with Crippen molar-refractivity contribution in [2.45, 2.75) is 6.42 Å². The van der Waals surface area contributed by atoms with E-state index in [0.717, 1.165) is 27.6 Å². The van der Waals surface area contributed by atoms with Gasteiger partial charge in [0, 0.05) is 6.42 Å². The second-order valence-corrected chi connectivity index (χ2v) is 5.07. The number of benzene rings is 1. The molecule has 0 bridgehead atoms. The van der Waals surface area contributed by atoms with Gasteiger partial charge in [0.15, 0.2) is 5.78 Å². The lowest BCUT2D eigenvalue weighted by molar-refractivity contribution is 0.104. The van der Waals surface area contributed by atoms with Gasteiger partial charge in [-0.05, 0) is 17.7 Å². The van der Waals surface area contributed by atoms with Crippen LogP contribution < -0.4 is 0 Å². The summed E-state index contributed by atoms with van der Waals surface area (Å²) >= 11 is 1.46. The maximum absolute atomic E-state index is 11.6. The van der Waals surface area contributed by atoms with E-state index in [4.69, 9.17) is 0 Å². The number of allylic oxidation sites excluding steroid dienone is 2. The number of aromatic nitrogens is 1. The summed E-state index contributed by atoms with van der Waals surface area (Å²) in [6.07, 6.45) is 8.24. The number of fused-ring (bicyclic) bond motifs is 1. The average Bonchev–Trinajstić information content (AvgIpc) is 2.82. The third kappa shape index (κ3) is 2.17. The van der Waals surface area contributed by atoms with E-state index in [-0.39, 0.29) is 5.78 Å². The van der Waals surface area contributed by atoms with Crippen molar-refractivity contribution in [2.24, 2.45) is 0 Å². The van der Waals surface area contributed by atoms with Gasteiger partial charge in [0.25, 0.3) is 0 Å². The normalized spacial score (nSPS) is 14.1. The van der Waals surface area contributed by atoms with Crippen LogP contribution in [0.2, 0.25) is 0 Å². The molecule has 88 valence electrons. The van der Waals surface area contributed by atoms with E-state index in [1.165, 1.54) is 11.3 Å². The first-order valence-electron chi connectivity index (χ1n) is 5.76.